The number of hydrogen-bond donors (Lipinski definition) is 0. The highest BCUT2D eigenvalue weighted by Crippen LogP contribution is 2.77. The summed E-state index contributed by atoms with van der Waals surface area (Å²) in [7, 11) is 0. The van der Waals surface area contributed by atoms with E-state index in [0.717, 1.165) is 24.2 Å². The van der Waals surface area contributed by atoms with Gasteiger partial charge in [-0.3, -0.25) is 4.79 Å². The SMILES string of the molecule is O=C1C(Sc2ccccc2)=C2CCC[C@]23[C@H]2C=C[C@H](C2)[C@]13Sc1ccccc1. The highest BCUT2D eigenvalue weighted by Gasteiger charge is 2.75. The Kier molecular flexibility index (Phi) is 3.77. The summed E-state index contributed by atoms with van der Waals surface area (Å²) in [5.74, 6) is 1.29. The standard InChI is InChI=1S/C25H22OS2/c26-23-22(27-19-8-3-1-4-9-19)21-12-7-15-24(21)17-13-14-18(16-17)25(23,24)28-20-10-5-2-6-11-20/h1-6,8-11,13-14,17-18H,7,12,15-16H2/t17-,18+,24-,25-/m0/s1. The van der Waals surface area contributed by atoms with E-state index in [1.165, 1.54) is 21.8 Å². The van der Waals surface area contributed by atoms with Gasteiger partial charge in [-0.05, 0) is 61.4 Å². The molecule has 1 nitrogen and oxygen atoms in total. The van der Waals surface area contributed by atoms with Gasteiger partial charge >= 0.3 is 0 Å². The molecule has 0 aliphatic heterocycles. The molecule has 3 heteroatoms. The van der Waals surface area contributed by atoms with Crippen LogP contribution in [0.15, 0.2) is 93.1 Å². The summed E-state index contributed by atoms with van der Waals surface area (Å²) in [4.78, 5) is 17.7. The maximum absolute atomic E-state index is 14.2. The number of fused-ring (bicyclic) bond motifs is 3. The van der Waals surface area contributed by atoms with E-state index in [-0.39, 0.29) is 10.2 Å². The van der Waals surface area contributed by atoms with Gasteiger partial charge in [-0.15, -0.1) is 11.8 Å². The van der Waals surface area contributed by atoms with E-state index in [9.17, 15) is 4.79 Å². The van der Waals surface area contributed by atoms with Gasteiger partial charge in [0.1, 0.15) is 4.75 Å². The lowest BCUT2D eigenvalue weighted by atomic mass is 9.67. The Morgan fingerprint density at radius 2 is 1.54 bits per heavy atom. The van der Waals surface area contributed by atoms with Crippen molar-refractivity contribution in [2.45, 2.75) is 40.2 Å². The van der Waals surface area contributed by atoms with Crippen molar-refractivity contribution < 1.29 is 4.79 Å². The molecule has 2 fully saturated rings. The Balaban J connectivity index is 1.51. The zero-order valence-electron chi connectivity index (χ0n) is 15.6. The Morgan fingerprint density at radius 1 is 0.857 bits per heavy atom. The molecule has 0 amide bonds. The minimum absolute atomic E-state index is 0.0428. The van der Waals surface area contributed by atoms with Gasteiger partial charge in [0.2, 0.25) is 0 Å². The first-order valence-corrected chi connectivity index (χ1v) is 11.8. The normalized spacial score (nSPS) is 34.9. The molecule has 4 atom stereocenters. The zero-order valence-corrected chi connectivity index (χ0v) is 17.3. The van der Waals surface area contributed by atoms with Crippen LogP contribution in [-0.2, 0) is 4.79 Å². The minimum Gasteiger partial charge on any atom is -0.292 e. The van der Waals surface area contributed by atoms with Crippen LogP contribution < -0.4 is 0 Å². The molecule has 2 bridgehead atoms. The van der Waals surface area contributed by atoms with Gasteiger partial charge < -0.3 is 0 Å². The van der Waals surface area contributed by atoms with Gasteiger partial charge in [-0.1, -0.05) is 60.3 Å². The topological polar surface area (TPSA) is 17.1 Å². The average Bonchev–Trinajstić information content (AvgIpc) is 3.47. The van der Waals surface area contributed by atoms with Gasteiger partial charge in [0.15, 0.2) is 5.78 Å². The third-order valence-corrected chi connectivity index (χ3v) is 10.1. The van der Waals surface area contributed by atoms with Gasteiger partial charge in [-0.2, -0.15) is 0 Å². The Bertz CT molecular complexity index is 1010. The van der Waals surface area contributed by atoms with Gasteiger partial charge in [0.05, 0.1) is 4.91 Å². The van der Waals surface area contributed by atoms with Crippen LogP contribution in [0.5, 0.6) is 0 Å². The smallest absolute Gasteiger partial charge is 0.187 e. The molecular weight excluding hydrogens is 380 g/mol. The summed E-state index contributed by atoms with van der Waals surface area (Å²) in [5.41, 5.74) is 1.52. The summed E-state index contributed by atoms with van der Waals surface area (Å²) < 4.78 is -0.337. The van der Waals surface area contributed by atoms with Crippen molar-refractivity contribution in [2.75, 3.05) is 0 Å². The van der Waals surface area contributed by atoms with Crippen LogP contribution in [0, 0.1) is 17.3 Å². The predicted molar refractivity (Wildman–Crippen MR) is 116 cm³/mol. The second-order valence-electron chi connectivity index (χ2n) is 8.36. The van der Waals surface area contributed by atoms with Crippen molar-refractivity contribution in [1.82, 2.24) is 0 Å². The molecule has 0 heterocycles. The van der Waals surface area contributed by atoms with E-state index < -0.39 is 0 Å². The molecule has 6 rings (SSSR count). The van der Waals surface area contributed by atoms with E-state index in [1.807, 2.05) is 17.8 Å². The predicted octanol–water partition coefficient (Wildman–Crippen LogP) is 6.52. The number of carbonyl (C=O) groups excluding carboxylic acids is 1. The second-order valence-corrected chi connectivity index (χ2v) is 10.8. The van der Waals surface area contributed by atoms with Gasteiger partial charge in [0.25, 0.3) is 0 Å². The van der Waals surface area contributed by atoms with Crippen LogP contribution in [0.1, 0.15) is 25.7 Å². The van der Waals surface area contributed by atoms with Crippen LogP contribution >= 0.6 is 23.5 Å². The summed E-state index contributed by atoms with van der Waals surface area (Å²) in [6, 6.07) is 21.0. The first-order chi connectivity index (χ1) is 13.8. The lowest BCUT2D eigenvalue weighted by molar-refractivity contribution is -0.118. The van der Waals surface area contributed by atoms with Gasteiger partial charge in [0, 0.05) is 21.1 Å². The first-order valence-electron chi connectivity index (χ1n) is 10.2. The van der Waals surface area contributed by atoms with E-state index in [4.69, 9.17) is 0 Å². The quantitative estimate of drug-likeness (QED) is 0.542. The van der Waals surface area contributed by atoms with E-state index in [0.29, 0.717) is 17.6 Å². The fourth-order valence-corrected chi connectivity index (χ4v) is 9.30. The number of rotatable bonds is 4. The Morgan fingerprint density at radius 3 is 2.29 bits per heavy atom. The summed E-state index contributed by atoms with van der Waals surface area (Å²) in [5, 5.41) is 0. The number of benzene rings is 2. The maximum Gasteiger partial charge on any atom is 0.187 e. The molecule has 2 aromatic rings. The maximum atomic E-state index is 14.2. The number of thioether (sulfide) groups is 2. The van der Waals surface area contributed by atoms with Crippen molar-refractivity contribution in [2.24, 2.45) is 17.3 Å². The molecule has 1 spiro atoms. The van der Waals surface area contributed by atoms with E-state index in [2.05, 4.69) is 66.7 Å². The molecule has 2 saturated carbocycles. The monoisotopic (exact) mass is 402 g/mol. The van der Waals surface area contributed by atoms with Crippen molar-refractivity contribution in [1.29, 1.82) is 0 Å². The third kappa shape index (κ3) is 2.04. The molecule has 0 unspecified atom stereocenters. The van der Waals surface area contributed by atoms with Crippen LogP contribution in [0.2, 0.25) is 0 Å². The molecule has 28 heavy (non-hydrogen) atoms. The van der Waals surface area contributed by atoms with Crippen molar-refractivity contribution >= 4 is 29.3 Å². The highest BCUT2D eigenvalue weighted by atomic mass is 32.2. The number of carbonyl (C=O) groups is 1. The molecule has 4 aliphatic carbocycles. The zero-order chi connectivity index (χ0) is 18.8. The van der Waals surface area contributed by atoms with Crippen LogP contribution in [0.3, 0.4) is 0 Å². The fraction of sp³-hybridized carbons (Fsp3) is 0.320. The lowest BCUT2D eigenvalue weighted by Gasteiger charge is -2.45. The molecule has 0 radical (unpaired) electrons. The summed E-state index contributed by atoms with van der Waals surface area (Å²) >= 11 is 3.58. The molecule has 2 aromatic carbocycles. The van der Waals surface area contributed by atoms with Crippen molar-refractivity contribution in [3.05, 3.63) is 83.3 Å². The Hall–Kier alpha value is -1.71. The molecule has 0 N–H and O–H groups in total. The number of Topliss-reactive ketones (excluding diaryl/α,β-unsaturated/α-hetero) is 1. The van der Waals surface area contributed by atoms with Crippen molar-refractivity contribution in [3.8, 4) is 0 Å². The number of hydrogen-bond acceptors (Lipinski definition) is 3. The molecule has 140 valence electrons. The molecule has 0 aromatic heterocycles. The summed E-state index contributed by atoms with van der Waals surface area (Å²) in [6.07, 6.45) is 9.42. The largest absolute Gasteiger partial charge is 0.292 e. The molecular formula is C25H22OS2. The third-order valence-electron chi connectivity index (χ3n) is 7.24. The van der Waals surface area contributed by atoms with Crippen LogP contribution in [0.4, 0.5) is 0 Å². The highest BCUT2D eigenvalue weighted by molar-refractivity contribution is 8.05. The summed E-state index contributed by atoms with van der Waals surface area (Å²) in [6.45, 7) is 0. The van der Waals surface area contributed by atoms with Crippen LogP contribution in [0.25, 0.3) is 0 Å². The second kappa shape index (κ2) is 6.14. The molecule has 0 saturated heterocycles. The lowest BCUT2D eigenvalue weighted by Crippen LogP contribution is -2.49. The van der Waals surface area contributed by atoms with Crippen molar-refractivity contribution in [3.63, 3.8) is 0 Å². The van der Waals surface area contributed by atoms with E-state index >= 15 is 0 Å². The number of allylic oxidation sites excluding steroid dienone is 4. The number of ketones is 1. The molecule has 4 aliphatic rings. The average molecular weight is 403 g/mol. The van der Waals surface area contributed by atoms with Crippen LogP contribution in [-0.4, -0.2) is 10.5 Å². The fourth-order valence-electron chi connectivity index (χ4n) is 6.30. The minimum atomic E-state index is -0.337. The Labute approximate surface area is 174 Å². The first kappa shape index (κ1) is 17.2. The van der Waals surface area contributed by atoms with Gasteiger partial charge in [-0.25, -0.2) is 0 Å². The van der Waals surface area contributed by atoms with E-state index in [1.54, 1.807) is 11.8 Å².